The number of thiazole rings is 1. The van der Waals surface area contributed by atoms with Crippen LogP contribution in [0.1, 0.15) is 41.1 Å². The molecular weight excluding hydrogens is 332 g/mol. The van der Waals surface area contributed by atoms with Crippen molar-refractivity contribution in [1.82, 2.24) is 15.8 Å². The summed E-state index contributed by atoms with van der Waals surface area (Å²) in [5.74, 6) is -0.756. The lowest BCUT2D eigenvalue weighted by atomic mass is 9.99. The number of nitrogens with zero attached hydrogens (tertiary/aromatic N) is 1. The Morgan fingerprint density at radius 2 is 1.92 bits per heavy atom. The summed E-state index contributed by atoms with van der Waals surface area (Å²) in [7, 11) is 0. The van der Waals surface area contributed by atoms with Crippen molar-refractivity contribution in [2.45, 2.75) is 24.9 Å². The quantitative estimate of drug-likeness (QED) is 0.890. The lowest BCUT2D eigenvalue weighted by Gasteiger charge is -2.20. The Labute approximate surface area is 142 Å². The van der Waals surface area contributed by atoms with Crippen molar-refractivity contribution in [2.24, 2.45) is 0 Å². The number of nitrogens with one attached hydrogen (secondary N) is 2. The van der Waals surface area contributed by atoms with E-state index in [1.807, 2.05) is 5.38 Å². The van der Waals surface area contributed by atoms with Crippen molar-refractivity contribution in [3.63, 3.8) is 0 Å². The van der Waals surface area contributed by atoms with Crippen LogP contribution >= 0.6 is 11.3 Å². The molecule has 3 heterocycles. The van der Waals surface area contributed by atoms with Crippen LogP contribution in [-0.4, -0.2) is 18.1 Å². The molecule has 2 N–H and O–H groups in total. The average Bonchev–Trinajstić information content (AvgIpc) is 3.25. The molecule has 2 aliphatic heterocycles. The summed E-state index contributed by atoms with van der Waals surface area (Å²) in [5.41, 5.74) is 4.07. The molecule has 126 valence electrons. The minimum atomic E-state index is -0.801. The summed E-state index contributed by atoms with van der Waals surface area (Å²) in [5, 5.41) is 6.41. The van der Waals surface area contributed by atoms with Crippen LogP contribution in [0.5, 0.6) is 0 Å². The second kappa shape index (κ2) is 6.58. The summed E-state index contributed by atoms with van der Waals surface area (Å²) < 4.78 is 27.8. The molecule has 0 amide bonds. The van der Waals surface area contributed by atoms with Gasteiger partial charge in [0, 0.05) is 11.3 Å². The molecule has 24 heavy (non-hydrogen) atoms. The lowest BCUT2D eigenvalue weighted by Crippen LogP contribution is -2.26. The molecule has 1 aromatic heterocycles. The van der Waals surface area contributed by atoms with Gasteiger partial charge in [0.15, 0.2) is 0 Å². The van der Waals surface area contributed by atoms with Crippen molar-refractivity contribution in [3.8, 4) is 0 Å². The Kier molecular flexibility index (Phi) is 4.30. The number of piperidine rings is 1. The number of hydrogen-bond acceptors (Lipinski definition) is 5. The van der Waals surface area contributed by atoms with E-state index in [0.717, 1.165) is 36.6 Å². The monoisotopic (exact) mass is 349 g/mol. The van der Waals surface area contributed by atoms with E-state index in [0.29, 0.717) is 11.6 Å². The van der Waals surface area contributed by atoms with Crippen LogP contribution in [-0.2, 0) is 4.84 Å². The van der Waals surface area contributed by atoms with Gasteiger partial charge >= 0.3 is 0 Å². The molecule has 2 aromatic rings. The molecule has 0 spiro atoms. The number of hydrogen-bond donors (Lipinski definition) is 2. The van der Waals surface area contributed by atoms with E-state index in [1.165, 1.54) is 18.2 Å². The summed E-state index contributed by atoms with van der Waals surface area (Å²) in [6.07, 6.45) is 3.03. The molecule has 1 saturated heterocycles. The van der Waals surface area contributed by atoms with E-state index in [9.17, 15) is 8.78 Å². The Morgan fingerprint density at radius 1 is 1.17 bits per heavy atom. The molecule has 4 rings (SSSR count). The van der Waals surface area contributed by atoms with Crippen molar-refractivity contribution in [2.75, 3.05) is 13.1 Å². The topological polar surface area (TPSA) is 46.2 Å². The number of hydroxylamine groups is 1. The fraction of sp³-hybridized carbons (Fsp3) is 0.353. The van der Waals surface area contributed by atoms with E-state index < -0.39 is 17.7 Å². The van der Waals surface area contributed by atoms with E-state index >= 15 is 0 Å². The van der Waals surface area contributed by atoms with Gasteiger partial charge in [-0.2, -0.15) is 0 Å². The van der Waals surface area contributed by atoms with Gasteiger partial charge in [-0.1, -0.05) is 6.07 Å². The number of rotatable bonds is 3. The fourth-order valence-electron chi connectivity index (χ4n) is 3.08. The van der Waals surface area contributed by atoms with Gasteiger partial charge < -0.3 is 5.32 Å². The van der Waals surface area contributed by atoms with Crippen LogP contribution in [0.15, 0.2) is 29.7 Å². The molecular formula is C17H17F2N3OS. The highest BCUT2D eigenvalue weighted by molar-refractivity contribution is 7.09. The maximum Gasteiger partial charge on any atom is 0.137 e. The zero-order chi connectivity index (χ0) is 16.5. The molecule has 1 unspecified atom stereocenters. The first-order valence-corrected chi connectivity index (χ1v) is 8.84. The summed E-state index contributed by atoms with van der Waals surface area (Å²) in [6, 6.07) is 3.80. The van der Waals surface area contributed by atoms with Crippen LogP contribution in [0.25, 0.3) is 5.70 Å². The van der Waals surface area contributed by atoms with Crippen LogP contribution in [0.4, 0.5) is 8.78 Å². The Morgan fingerprint density at radius 3 is 2.67 bits per heavy atom. The van der Waals surface area contributed by atoms with Crippen molar-refractivity contribution in [1.29, 1.82) is 0 Å². The second-order valence-electron chi connectivity index (χ2n) is 5.95. The van der Waals surface area contributed by atoms with Crippen LogP contribution in [0, 0.1) is 11.6 Å². The molecule has 1 aromatic carbocycles. The SMILES string of the molecule is Fc1cccc(F)c1C1C=C(c2csc(C3CCNCC3)n2)NO1. The third-order valence-corrected chi connectivity index (χ3v) is 5.39. The van der Waals surface area contributed by atoms with Gasteiger partial charge in [-0.25, -0.2) is 13.8 Å². The van der Waals surface area contributed by atoms with Gasteiger partial charge in [0.05, 0.1) is 22.0 Å². The Hall–Kier alpha value is -1.83. The maximum absolute atomic E-state index is 13.9. The summed E-state index contributed by atoms with van der Waals surface area (Å²) in [4.78, 5) is 10.0. The molecule has 1 fully saturated rings. The van der Waals surface area contributed by atoms with E-state index in [1.54, 1.807) is 17.4 Å². The molecule has 0 radical (unpaired) electrons. The highest BCUT2D eigenvalue weighted by Gasteiger charge is 2.27. The van der Waals surface area contributed by atoms with Crippen molar-refractivity contribution in [3.05, 3.63) is 57.6 Å². The Balaban J connectivity index is 1.56. The first-order valence-electron chi connectivity index (χ1n) is 7.96. The maximum atomic E-state index is 13.9. The molecule has 0 bridgehead atoms. The molecule has 4 nitrogen and oxygen atoms in total. The van der Waals surface area contributed by atoms with Gasteiger partial charge in [0.2, 0.25) is 0 Å². The van der Waals surface area contributed by atoms with Gasteiger partial charge in [-0.15, -0.1) is 11.3 Å². The van der Waals surface area contributed by atoms with E-state index in [-0.39, 0.29) is 5.56 Å². The number of aromatic nitrogens is 1. The molecule has 1 atom stereocenters. The highest BCUT2D eigenvalue weighted by Crippen LogP contribution is 2.34. The van der Waals surface area contributed by atoms with E-state index in [4.69, 9.17) is 4.84 Å². The normalized spacial score (nSPS) is 21.6. The highest BCUT2D eigenvalue weighted by atomic mass is 32.1. The summed E-state index contributed by atoms with van der Waals surface area (Å²) >= 11 is 1.62. The largest absolute Gasteiger partial charge is 0.317 e. The third kappa shape index (κ3) is 2.94. The third-order valence-electron chi connectivity index (χ3n) is 4.38. The molecule has 0 saturated carbocycles. The van der Waals surface area contributed by atoms with Crippen LogP contribution < -0.4 is 10.8 Å². The van der Waals surface area contributed by atoms with E-state index in [2.05, 4.69) is 15.8 Å². The van der Waals surface area contributed by atoms with Gasteiger partial charge in [-0.3, -0.25) is 10.3 Å². The zero-order valence-corrected chi connectivity index (χ0v) is 13.7. The van der Waals surface area contributed by atoms with Crippen molar-refractivity contribution >= 4 is 17.0 Å². The summed E-state index contributed by atoms with van der Waals surface area (Å²) in [6.45, 7) is 2.02. The first kappa shape index (κ1) is 15.7. The van der Waals surface area contributed by atoms with Gasteiger partial charge in [0.1, 0.15) is 17.7 Å². The van der Waals surface area contributed by atoms with Gasteiger partial charge in [-0.05, 0) is 44.1 Å². The lowest BCUT2D eigenvalue weighted by molar-refractivity contribution is 0.0468. The number of benzene rings is 1. The smallest absolute Gasteiger partial charge is 0.137 e. The Bertz CT molecular complexity index is 751. The minimum Gasteiger partial charge on any atom is -0.317 e. The predicted molar refractivity (Wildman–Crippen MR) is 88.3 cm³/mol. The molecule has 0 aliphatic carbocycles. The van der Waals surface area contributed by atoms with Crippen LogP contribution in [0.2, 0.25) is 0 Å². The standard InChI is InChI=1S/C17H17F2N3OS/c18-11-2-1-3-12(19)16(11)15-8-13(22-23-15)14-9-24-17(21-14)10-4-6-20-7-5-10/h1-3,8-10,15,20,22H,4-7H2. The van der Waals surface area contributed by atoms with Crippen LogP contribution in [0.3, 0.4) is 0 Å². The second-order valence-corrected chi connectivity index (χ2v) is 6.84. The first-order chi connectivity index (χ1) is 11.7. The number of halogens is 2. The van der Waals surface area contributed by atoms with Crippen molar-refractivity contribution < 1.29 is 13.6 Å². The average molecular weight is 349 g/mol. The molecule has 7 heteroatoms. The molecule has 2 aliphatic rings. The minimum absolute atomic E-state index is 0.0891. The van der Waals surface area contributed by atoms with Gasteiger partial charge in [0.25, 0.3) is 0 Å². The zero-order valence-electron chi connectivity index (χ0n) is 12.9. The predicted octanol–water partition coefficient (Wildman–Crippen LogP) is 3.51. The fourth-order valence-corrected chi connectivity index (χ4v) is 4.07.